The number of anilines is 2. The Kier molecular flexibility index (Phi) is 4.52. The number of piperidine rings is 1. The number of rotatable bonds is 5. The van der Waals surface area contributed by atoms with E-state index in [9.17, 15) is 4.79 Å². The number of carbonyl (C=O) groups excluding carboxylic acids is 1. The van der Waals surface area contributed by atoms with Crippen LogP contribution in [0.25, 0.3) is 11.1 Å². The number of fused-ring (bicyclic) bond motifs is 1. The first-order valence-electron chi connectivity index (χ1n) is 10.4. The molecule has 1 aliphatic heterocycles. The number of furan rings is 1. The highest BCUT2D eigenvalue weighted by molar-refractivity contribution is 6.10. The van der Waals surface area contributed by atoms with Gasteiger partial charge in [-0.1, -0.05) is 0 Å². The minimum Gasteiger partial charge on any atom is -0.442 e. The van der Waals surface area contributed by atoms with E-state index in [0.717, 1.165) is 44.6 Å². The van der Waals surface area contributed by atoms with Crippen molar-refractivity contribution in [2.24, 2.45) is 0 Å². The molecule has 3 aromatic rings. The maximum absolute atomic E-state index is 13.2. The van der Waals surface area contributed by atoms with Gasteiger partial charge in [-0.15, -0.1) is 0 Å². The smallest absolute Gasteiger partial charge is 0.255 e. The van der Waals surface area contributed by atoms with Crippen LogP contribution in [0, 0.1) is 6.92 Å². The van der Waals surface area contributed by atoms with Crippen molar-refractivity contribution >= 4 is 28.6 Å². The van der Waals surface area contributed by atoms with Gasteiger partial charge in [0.2, 0.25) is 5.71 Å². The second-order valence-corrected chi connectivity index (χ2v) is 8.42. The van der Waals surface area contributed by atoms with Crippen molar-refractivity contribution in [1.82, 2.24) is 25.3 Å². The van der Waals surface area contributed by atoms with Crippen LogP contribution in [-0.2, 0) is 0 Å². The highest BCUT2D eigenvalue weighted by Gasteiger charge is 2.38. The summed E-state index contributed by atoms with van der Waals surface area (Å²) in [4.78, 5) is 32.3. The molecular weight excluding hydrogens is 382 g/mol. The summed E-state index contributed by atoms with van der Waals surface area (Å²) in [6.07, 6.45) is 8.66. The molecule has 9 nitrogen and oxygen atoms in total. The molecule has 0 atom stereocenters. The quantitative estimate of drug-likeness (QED) is 0.664. The molecule has 2 fully saturated rings. The molecule has 0 aromatic carbocycles. The Labute approximate surface area is 174 Å². The normalized spacial score (nSPS) is 18.4. The highest BCUT2D eigenvalue weighted by Crippen LogP contribution is 2.40. The molecule has 0 radical (unpaired) electrons. The van der Waals surface area contributed by atoms with Crippen molar-refractivity contribution in [3.63, 3.8) is 0 Å². The summed E-state index contributed by atoms with van der Waals surface area (Å²) in [5.41, 5.74) is 1.00. The molecule has 1 saturated heterocycles. The molecule has 9 heteroatoms. The number of aromatic nitrogens is 4. The molecule has 1 amide bonds. The van der Waals surface area contributed by atoms with Gasteiger partial charge in [-0.2, -0.15) is 0 Å². The molecule has 4 heterocycles. The zero-order valence-corrected chi connectivity index (χ0v) is 17.2. The molecule has 0 spiro atoms. The topological polar surface area (TPSA) is 109 Å². The van der Waals surface area contributed by atoms with Gasteiger partial charge >= 0.3 is 0 Å². The van der Waals surface area contributed by atoms with Gasteiger partial charge in [-0.3, -0.25) is 4.79 Å². The third kappa shape index (κ3) is 3.55. The first-order chi connectivity index (χ1) is 14.5. The van der Waals surface area contributed by atoms with Crippen molar-refractivity contribution in [2.45, 2.75) is 51.1 Å². The van der Waals surface area contributed by atoms with Gasteiger partial charge in [-0.25, -0.2) is 19.9 Å². The maximum atomic E-state index is 13.2. The molecule has 1 aliphatic carbocycles. The molecule has 3 aromatic heterocycles. The lowest BCUT2D eigenvalue weighted by molar-refractivity contribution is 0.0931. The molecule has 0 unspecified atom stereocenters. The van der Waals surface area contributed by atoms with Gasteiger partial charge in [0.15, 0.2) is 0 Å². The summed E-state index contributed by atoms with van der Waals surface area (Å²) in [6.45, 7) is 5.62. The molecule has 5 rings (SSSR count). The van der Waals surface area contributed by atoms with Crippen LogP contribution in [0.3, 0.4) is 0 Å². The molecular formula is C21H25N7O2. The minimum absolute atomic E-state index is 0.0357. The van der Waals surface area contributed by atoms with Crippen LogP contribution < -0.4 is 15.5 Å². The largest absolute Gasteiger partial charge is 0.442 e. The average molecular weight is 407 g/mol. The van der Waals surface area contributed by atoms with Crippen LogP contribution in [0.5, 0.6) is 0 Å². The summed E-state index contributed by atoms with van der Waals surface area (Å²) in [5, 5.41) is 7.32. The minimum atomic E-state index is -0.134. The Morgan fingerprint density at radius 3 is 2.70 bits per heavy atom. The predicted octanol–water partition coefficient (Wildman–Crippen LogP) is 2.68. The van der Waals surface area contributed by atoms with E-state index in [1.807, 2.05) is 6.07 Å². The first-order valence-corrected chi connectivity index (χ1v) is 10.4. The van der Waals surface area contributed by atoms with E-state index in [-0.39, 0.29) is 17.5 Å². The van der Waals surface area contributed by atoms with E-state index in [2.05, 4.69) is 42.4 Å². The summed E-state index contributed by atoms with van der Waals surface area (Å²) in [7, 11) is 0. The molecule has 0 bridgehead atoms. The monoisotopic (exact) mass is 407 g/mol. The van der Waals surface area contributed by atoms with Crippen LogP contribution in [0.1, 0.15) is 48.7 Å². The van der Waals surface area contributed by atoms with E-state index in [4.69, 9.17) is 4.42 Å². The fourth-order valence-electron chi connectivity index (χ4n) is 3.99. The average Bonchev–Trinajstić information content (AvgIpc) is 3.37. The second-order valence-electron chi connectivity index (χ2n) is 8.42. The van der Waals surface area contributed by atoms with E-state index in [1.165, 1.54) is 6.33 Å². The van der Waals surface area contributed by atoms with E-state index in [0.29, 0.717) is 28.2 Å². The third-order valence-electron chi connectivity index (χ3n) is 6.03. The number of hydrogen-bond acceptors (Lipinski definition) is 8. The van der Waals surface area contributed by atoms with E-state index in [1.54, 1.807) is 19.4 Å². The predicted molar refractivity (Wildman–Crippen MR) is 113 cm³/mol. The van der Waals surface area contributed by atoms with Gasteiger partial charge in [0.05, 0.1) is 10.9 Å². The Morgan fingerprint density at radius 2 is 2.00 bits per heavy atom. The van der Waals surface area contributed by atoms with Gasteiger partial charge < -0.3 is 20.0 Å². The zero-order valence-electron chi connectivity index (χ0n) is 17.2. The number of aryl methyl sites for hydroxylation is 1. The van der Waals surface area contributed by atoms with Crippen LogP contribution >= 0.6 is 0 Å². The Morgan fingerprint density at radius 1 is 1.20 bits per heavy atom. The van der Waals surface area contributed by atoms with Gasteiger partial charge in [0.25, 0.3) is 5.91 Å². The molecule has 2 aliphatic rings. The van der Waals surface area contributed by atoms with Crippen molar-refractivity contribution < 1.29 is 9.21 Å². The van der Waals surface area contributed by atoms with Crippen molar-refractivity contribution in [3.8, 4) is 0 Å². The first kappa shape index (κ1) is 18.8. The summed E-state index contributed by atoms with van der Waals surface area (Å²) >= 11 is 0. The second kappa shape index (κ2) is 7.23. The number of nitrogens with zero attached hydrogens (tertiary/aromatic N) is 5. The lowest BCUT2D eigenvalue weighted by Gasteiger charge is -2.33. The lowest BCUT2D eigenvalue weighted by atomic mass is 10.0. The van der Waals surface area contributed by atoms with Crippen molar-refractivity contribution in [1.29, 1.82) is 0 Å². The molecule has 156 valence electrons. The number of hydrogen-bond donors (Lipinski definition) is 2. The van der Waals surface area contributed by atoms with Crippen LogP contribution in [0.2, 0.25) is 0 Å². The summed E-state index contributed by atoms with van der Waals surface area (Å²) in [6, 6.07) is 2.01. The zero-order chi connectivity index (χ0) is 20.7. The molecule has 2 N–H and O–H groups in total. The fourth-order valence-corrected chi connectivity index (χ4v) is 3.99. The van der Waals surface area contributed by atoms with Crippen molar-refractivity contribution in [3.05, 3.63) is 36.2 Å². The molecule has 1 saturated carbocycles. The Bertz CT molecular complexity index is 1070. The van der Waals surface area contributed by atoms with E-state index < -0.39 is 0 Å². The van der Waals surface area contributed by atoms with Crippen molar-refractivity contribution in [2.75, 3.05) is 23.3 Å². The Balaban J connectivity index is 1.32. The number of carbonyl (C=O) groups is 1. The fraction of sp³-hybridized carbons (Fsp3) is 0.476. The summed E-state index contributed by atoms with van der Waals surface area (Å²) in [5.74, 6) is 2.02. The number of amides is 1. The molecule has 30 heavy (non-hydrogen) atoms. The van der Waals surface area contributed by atoms with Gasteiger partial charge in [0.1, 0.15) is 30.1 Å². The van der Waals surface area contributed by atoms with Gasteiger partial charge in [-0.05, 0) is 45.6 Å². The summed E-state index contributed by atoms with van der Waals surface area (Å²) < 4.78 is 5.79. The van der Waals surface area contributed by atoms with E-state index >= 15 is 0 Å². The Hall–Kier alpha value is -3.23. The highest BCUT2D eigenvalue weighted by atomic mass is 16.3. The lowest BCUT2D eigenvalue weighted by Crippen LogP contribution is -2.45. The maximum Gasteiger partial charge on any atom is 0.255 e. The van der Waals surface area contributed by atoms with Crippen LogP contribution in [0.15, 0.2) is 29.3 Å². The SMILES string of the molecule is Cc1oc2ncnc(NC3(C)CC3)c2c1C(=O)NC1CCN(c2ccncn2)CC1. The van der Waals surface area contributed by atoms with Crippen LogP contribution in [0.4, 0.5) is 11.6 Å². The number of nitrogens with one attached hydrogen (secondary N) is 2. The standard InChI is InChI=1S/C21H25N7O2/c1-13-16(17-18(27-21(2)6-7-21)24-12-25-20(17)30-13)19(29)26-14-4-9-28(10-5-14)15-3-8-22-11-23-15/h3,8,11-12,14H,4-7,9-10H2,1-2H3,(H,26,29)(H,24,25,27). The third-order valence-corrected chi connectivity index (χ3v) is 6.03. The van der Waals surface area contributed by atoms with Crippen LogP contribution in [-0.4, -0.2) is 50.5 Å². The van der Waals surface area contributed by atoms with Gasteiger partial charge in [0, 0.05) is 30.9 Å².